The van der Waals surface area contributed by atoms with Crippen LogP contribution in [0.1, 0.15) is 20.8 Å². The number of amides is 2. The first-order chi connectivity index (χ1) is 5.56. The quantitative estimate of drug-likeness (QED) is 0.704. The summed E-state index contributed by atoms with van der Waals surface area (Å²) in [5.74, 6) is 0.950. The summed E-state index contributed by atoms with van der Waals surface area (Å²) >= 11 is 1.73. The highest BCUT2D eigenvalue weighted by atomic mass is 32.2. The number of thioether (sulfide) groups is 1. The van der Waals surface area contributed by atoms with Gasteiger partial charge in [0.15, 0.2) is 0 Å². The average Bonchev–Trinajstić information content (AvgIpc) is 1.84. The Hall–Kier alpha value is -0.380. The van der Waals surface area contributed by atoms with Crippen LogP contribution in [0.3, 0.4) is 0 Å². The van der Waals surface area contributed by atoms with E-state index in [4.69, 9.17) is 0 Å². The fourth-order valence-corrected chi connectivity index (χ4v) is 1.40. The highest BCUT2D eigenvalue weighted by Crippen LogP contribution is 1.95. The van der Waals surface area contributed by atoms with Crippen molar-refractivity contribution in [3.8, 4) is 0 Å². The first-order valence-corrected chi connectivity index (χ1v) is 5.51. The van der Waals surface area contributed by atoms with Crippen molar-refractivity contribution < 1.29 is 4.79 Å². The van der Waals surface area contributed by atoms with Gasteiger partial charge in [0, 0.05) is 17.8 Å². The molecule has 72 valence electrons. The van der Waals surface area contributed by atoms with E-state index in [1.807, 2.05) is 27.0 Å². The van der Waals surface area contributed by atoms with Crippen LogP contribution in [0.5, 0.6) is 0 Å². The highest BCUT2D eigenvalue weighted by molar-refractivity contribution is 7.98. The Morgan fingerprint density at radius 1 is 1.33 bits per heavy atom. The summed E-state index contributed by atoms with van der Waals surface area (Å²) in [6.07, 6.45) is 2.03. The maximum atomic E-state index is 11.1. The van der Waals surface area contributed by atoms with Gasteiger partial charge in [-0.25, -0.2) is 4.79 Å². The lowest BCUT2D eigenvalue weighted by molar-refractivity contribution is 0.236. The zero-order valence-corrected chi connectivity index (χ0v) is 8.99. The number of rotatable bonds is 4. The van der Waals surface area contributed by atoms with Crippen LogP contribution in [-0.4, -0.2) is 30.1 Å². The number of nitrogens with one attached hydrogen (secondary N) is 2. The number of hydrogen-bond acceptors (Lipinski definition) is 2. The van der Waals surface area contributed by atoms with Crippen LogP contribution in [0.2, 0.25) is 0 Å². The lowest BCUT2D eigenvalue weighted by Crippen LogP contribution is -2.44. The van der Waals surface area contributed by atoms with Crippen LogP contribution in [0.15, 0.2) is 0 Å². The average molecular weight is 190 g/mol. The predicted octanol–water partition coefficient (Wildman–Crippen LogP) is 1.45. The molecule has 0 aliphatic heterocycles. The summed E-state index contributed by atoms with van der Waals surface area (Å²) in [6.45, 7) is 5.88. The van der Waals surface area contributed by atoms with Crippen LogP contribution in [0.4, 0.5) is 4.79 Å². The van der Waals surface area contributed by atoms with Crippen molar-refractivity contribution in [3.05, 3.63) is 0 Å². The van der Waals surface area contributed by atoms with Gasteiger partial charge in [-0.1, -0.05) is 0 Å². The van der Waals surface area contributed by atoms with Crippen LogP contribution in [0.25, 0.3) is 0 Å². The molecule has 0 rings (SSSR count). The van der Waals surface area contributed by atoms with E-state index >= 15 is 0 Å². The molecule has 0 heterocycles. The lowest BCUT2D eigenvalue weighted by Gasteiger charge is -2.14. The summed E-state index contributed by atoms with van der Waals surface area (Å²) in [5.41, 5.74) is 0. The van der Waals surface area contributed by atoms with Crippen LogP contribution in [0, 0.1) is 0 Å². The molecule has 0 saturated heterocycles. The maximum absolute atomic E-state index is 11.1. The molecular weight excluding hydrogens is 172 g/mol. The van der Waals surface area contributed by atoms with E-state index in [0.29, 0.717) is 0 Å². The largest absolute Gasteiger partial charge is 0.336 e. The SMILES string of the molecule is CSCC(C)NC(=O)NC(C)C. The molecule has 0 aliphatic rings. The van der Waals surface area contributed by atoms with Crippen LogP contribution in [-0.2, 0) is 0 Å². The van der Waals surface area contributed by atoms with Gasteiger partial charge in [0.05, 0.1) is 0 Å². The third kappa shape index (κ3) is 6.34. The normalized spacial score (nSPS) is 12.8. The number of carbonyl (C=O) groups excluding carboxylic acids is 1. The summed E-state index contributed by atoms with van der Waals surface area (Å²) in [7, 11) is 0. The molecule has 0 aromatic heterocycles. The molecule has 2 amide bonds. The Balaban J connectivity index is 3.54. The van der Waals surface area contributed by atoms with Gasteiger partial charge in [0.2, 0.25) is 0 Å². The molecule has 0 aliphatic carbocycles. The molecule has 0 bridgehead atoms. The smallest absolute Gasteiger partial charge is 0.315 e. The third-order valence-corrected chi connectivity index (χ3v) is 2.05. The number of carbonyl (C=O) groups is 1. The predicted molar refractivity (Wildman–Crippen MR) is 54.6 cm³/mol. The van der Waals surface area contributed by atoms with Crippen molar-refractivity contribution in [2.24, 2.45) is 0 Å². The van der Waals surface area contributed by atoms with Crippen molar-refractivity contribution in [3.63, 3.8) is 0 Å². The first-order valence-electron chi connectivity index (χ1n) is 4.12. The van der Waals surface area contributed by atoms with Gasteiger partial charge < -0.3 is 10.6 Å². The third-order valence-electron chi connectivity index (χ3n) is 1.21. The fraction of sp³-hybridized carbons (Fsp3) is 0.875. The molecule has 0 spiro atoms. The molecule has 12 heavy (non-hydrogen) atoms. The van der Waals surface area contributed by atoms with Crippen molar-refractivity contribution in [1.82, 2.24) is 10.6 Å². The molecule has 0 aromatic rings. The Kier molecular flexibility index (Phi) is 5.98. The maximum Gasteiger partial charge on any atom is 0.315 e. The summed E-state index contributed by atoms with van der Waals surface area (Å²) in [4.78, 5) is 11.1. The van der Waals surface area contributed by atoms with Crippen molar-refractivity contribution in [1.29, 1.82) is 0 Å². The molecule has 2 N–H and O–H groups in total. The van der Waals surface area contributed by atoms with E-state index in [2.05, 4.69) is 10.6 Å². The van der Waals surface area contributed by atoms with E-state index in [1.54, 1.807) is 11.8 Å². The van der Waals surface area contributed by atoms with E-state index < -0.39 is 0 Å². The first kappa shape index (κ1) is 11.6. The second-order valence-electron chi connectivity index (χ2n) is 3.13. The zero-order chi connectivity index (χ0) is 9.56. The fourth-order valence-electron chi connectivity index (χ4n) is 0.819. The summed E-state index contributed by atoms with van der Waals surface area (Å²) in [6, 6.07) is 0.358. The minimum atomic E-state index is -0.0773. The van der Waals surface area contributed by atoms with Gasteiger partial charge in [-0.3, -0.25) is 0 Å². The number of hydrogen-bond donors (Lipinski definition) is 2. The Labute approximate surface area is 78.7 Å². The topological polar surface area (TPSA) is 41.1 Å². The zero-order valence-electron chi connectivity index (χ0n) is 8.18. The van der Waals surface area contributed by atoms with Crippen LogP contribution < -0.4 is 10.6 Å². The molecule has 1 atom stereocenters. The minimum absolute atomic E-state index is 0.0773. The molecule has 1 unspecified atom stereocenters. The Morgan fingerprint density at radius 3 is 2.33 bits per heavy atom. The van der Waals surface area contributed by atoms with Gasteiger partial charge in [-0.05, 0) is 27.0 Å². The van der Waals surface area contributed by atoms with E-state index in [0.717, 1.165) is 5.75 Å². The minimum Gasteiger partial charge on any atom is -0.336 e. The Bertz CT molecular complexity index is 139. The summed E-state index contributed by atoms with van der Waals surface area (Å²) in [5, 5.41) is 5.61. The Morgan fingerprint density at radius 2 is 1.92 bits per heavy atom. The molecule has 3 nitrogen and oxygen atoms in total. The van der Waals surface area contributed by atoms with E-state index in [1.165, 1.54) is 0 Å². The molecule has 0 saturated carbocycles. The lowest BCUT2D eigenvalue weighted by atomic mass is 10.4. The second-order valence-corrected chi connectivity index (χ2v) is 4.04. The van der Waals surface area contributed by atoms with Gasteiger partial charge in [-0.2, -0.15) is 11.8 Å². The van der Waals surface area contributed by atoms with Crippen molar-refractivity contribution >= 4 is 17.8 Å². The van der Waals surface area contributed by atoms with E-state index in [-0.39, 0.29) is 18.1 Å². The number of urea groups is 1. The standard InChI is InChI=1S/C8H18N2OS/c1-6(2)9-8(11)10-7(3)5-12-4/h6-7H,5H2,1-4H3,(H2,9,10,11). The van der Waals surface area contributed by atoms with E-state index in [9.17, 15) is 4.79 Å². The second kappa shape index (κ2) is 6.17. The molecule has 4 heteroatoms. The molecule has 0 aromatic carbocycles. The van der Waals surface area contributed by atoms with Gasteiger partial charge in [-0.15, -0.1) is 0 Å². The highest BCUT2D eigenvalue weighted by Gasteiger charge is 2.06. The van der Waals surface area contributed by atoms with Crippen molar-refractivity contribution in [2.45, 2.75) is 32.9 Å². The summed E-state index contributed by atoms with van der Waals surface area (Å²) < 4.78 is 0. The monoisotopic (exact) mass is 190 g/mol. The molecular formula is C8H18N2OS. The van der Waals surface area contributed by atoms with Gasteiger partial charge in [0.25, 0.3) is 0 Å². The van der Waals surface area contributed by atoms with Crippen LogP contribution >= 0.6 is 11.8 Å². The van der Waals surface area contributed by atoms with Gasteiger partial charge in [0.1, 0.15) is 0 Å². The van der Waals surface area contributed by atoms with Crippen molar-refractivity contribution in [2.75, 3.05) is 12.0 Å². The molecule has 0 radical (unpaired) electrons. The van der Waals surface area contributed by atoms with Gasteiger partial charge >= 0.3 is 6.03 Å². The molecule has 0 fully saturated rings.